The van der Waals surface area contributed by atoms with Crippen molar-refractivity contribution >= 4 is 11.9 Å². The SMILES string of the molecule is CC(C(=O)O)C(C)C(=O)NCc1ccon1. The van der Waals surface area contributed by atoms with E-state index < -0.39 is 17.8 Å². The van der Waals surface area contributed by atoms with Crippen LogP contribution in [0.2, 0.25) is 0 Å². The highest BCUT2D eigenvalue weighted by Gasteiger charge is 2.25. The number of aliphatic carboxylic acids is 1. The van der Waals surface area contributed by atoms with Crippen LogP contribution in [0.4, 0.5) is 0 Å². The lowest BCUT2D eigenvalue weighted by Crippen LogP contribution is -2.34. The predicted octanol–water partition coefficient (Wildman–Crippen LogP) is 0.648. The summed E-state index contributed by atoms with van der Waals surface area (Å²) in [4.78, 5) is 22.2. The fourth-order valence-electron chi connectivity index (χ4n) is 1.11. The molecule has 88 valence electrons. The molecule has 2 unspecified atom stereocenters. The third kappa shape index (κ3) is 3.08. The predicted molar refractivity (Wildman–Crippen MR) is 54.3 cm³/mol. The molecular weight excluding hydrogens is 212 g/mol. The van der Waals surface area contributed by atoms with Gasteiger partial charge in [0.2, 0.25) is 5.91 Å². The van der Waals surface area contributed by atoms with E-state index in [0.717, 1.165) is 0 Å². The minimum Gasteiger partial charge on any atom is -0.481 e. The molecule has 0 saturated carbocycles. The molecule has 2 N–H and O–H groups in total. The van der Waals surface area contributed by atoms with Crippen molar-refractivity contribution < 1.29 is 19.2 Å². The van der Waals surface area contributed by atoms with Gasteiger partial charge >= 0.3 is 5.97 Å². The summed E-state index contributed by atoms with van der Waals surface area (Å²) in [5.41, 5.74) is 0.600. The first-order valence-corrected chi connectivity index (χ1v) is 4.92. The fourth-order valence-corrected chi connectivity index (χ4v) is 1.11. The van der Waals surface area contributed by atoms with Gasteiger partial charge in [0.25, 0.3) is 0 Å². The molecule has 1 heterocycles. The summed E-state index contributed by atoms with van der Waals surface area (Å²) in [5.74, 6) is -2.58. The molecule has 1 rings (SSSR count). The Labute approximate surface area is 92.6 Å². The molecule has 0 bridgehead atoms. The van der Waals surface area contributed by atoms with E-state index in [9.17, 15) is 9.59 Å². The molecule has 0 aliphatic heterocycles. The summed E-state index contributed by atoms with van der Waals surface area (Å²) >= 11 is 0. The van der Waals surface area contributed by atoms with E-state index in [4.69, 9.17) is 5.11 Å². The number of carboxylic acids is 1. The summed E-state index contributed by atoms with van der Waals surface area (Å²) in [6, 6.07) is 1.63. The highest BCUT2D eigenvalue weighted by molar-refractivity contribution is 5.84. The molecule has 1 aromatic heterocycles. The summed E-state index contributed by atoms with van der Waals surface area (Å²) in [6.45, 7) is 3.33. The standard InChI is InChI=1S/C10H14N2O4/c1-6(7(2)10(14)15)9(13)11-5-8-3-4-16-12-8/h3-4,6-7H,5H2,1-2H3,(H,11,13)(H,14,15). The van der Waals surface area contributed by atoms with Gasteiger partial charge in [-0.1, -0.05) is 19.0 Å². The number of amides is 1. The Balaban J connectivity index is 2.43. The number of rotatable bonds is 5. The first-order valence-electron chi connectivity index (χ1n) is 4.92. The van der Waals surface area contributed by atoms with Crippen molar-refractivity contribution in [3.8, 4) is 0 Å². The second-order valence-electron chi connectivity index (χ2n) is 3.62. The molecule has 0 aliphatic rings. The lowest BCUT2D eigenvalue weighted by molar-refractivity contribution is -0.146. The topological polar surface area (TPSA) is 92.4 Å². The van der Waals surface area contributed by atoms with Crippen molar-refractivity contribution in [2.24, 2.45) is 11.8 Å². The van der Waals surface area contributed by atoms with E-state index in [1.807, 2.05) is 0 Å². The summed E-state index contributed by atoms with van der Waals surface area (Å²) < 4.78 is 4.60. The number of aromatic nitrogens is 1. The Hall–Kier alpha value is -1.85. The highest BCUT2D eigenvalue weighted by atomic mass is 16.5. The molecule has 0 saturated heterocycles. The Morgan fingerprint density at radius 3 is 2.69 bits per heavy atom. The minimum atomic E-state index is -0.982. The van der Waals surface area contributed by atoms with Crippen LogP contribution in [0.5, 0.6) is 0 Å². The Kier molecular flexibility index (Phi) is 4.04. The van der Waals surface area contributed by atoms with E-state index in [2.05, 4.69) is 15.0 Å². The van der Waals surface area contributed by atoms with Crippen LogP contribution < -0.4 is 5.32 Å². The maximum Gasteiger partial charge on any atom is 0.307 e. The molecule has 2 atom stereocenters. The van der Waals surface area contributed by atoms with Gasteiger partial charge in [-0.05, 0) is 0 Å². The van der Waals surface area contributed by atoms with Gasteiger partial charge in [0.1, 0.15) is 12.0 Å². The minimum absolute atomic E-state index is 0.242. The second kappa shape index (κ2) is 5.29. The van der Waals surface area contributed by atoms with Crippen LogP contribution in [0.25, 0.3) is 0 Å². The molecular formula is C10H14N2O4. The van der Waals surface area contributed by atoms with Gasteiger partial charge in [0.05, 0.1) is 12.5 Å². The molecule has 0 spiro atoms. The largest absolute Gasteiger partial charge is 0.481 e. The second-order valence-corrected chi connectivity index (χ2v) is 3.62. The first kappa shape index (κ1) is 12.2. The normalized spacial score (nSPS) is 14.1. The van der Waals surface area contributed by atoms with Gasteiger partial charge in [-0.3, -0.25) is 9.59 Å². The first-order chi connectivity index (χ1) is 7.52. The van der Waals surface area contributed by atoms with Gasteiger partial charge in [0, 0.05) is 12.0 Å². The van der Waals surface area contributed by atoms with E-state index in [1.165, 1.54) is 13.2 Å². The number of hydrogen-bond donors (Lipinski definition) is 2. The Morgan fingerprint density at radius 2 is 2.19 bits per heavy atom. The van der Waals surface area contributed by atoms with Crippen LogP contribution >= 0.6 is 0 Å². The molecule has 0 fully saturated rings. The van der Waals surface area contributed by atoms with Crippen LogP contribution in [0, 0.1) is 11.8 Å². The Morgan fingerprint density at radius 1 is 1.50 bits per heavy atom. The molecule has 0 aromatic carbocycles. The lowest BCUT2D eigenvalue weighted by atomic mass is 9.95. The van der Waals surface area contributed by atoms with Crippen LogP contribution in [0.15, 0.2) is 16.9 Å². The zero-order chi connectivity index (χ0) is 12.1. The molecule has 0 aliphatic carbocycles. The average molecular weight is 226 g/mol. The van der Waals surface area contributed by atoms with Crippen molar-refractivity contribution in [3.05, 3.63) is 18.0 Å². The van der Waals surface area contributed by atoms with Crippen LogP contribution in [0.1, 0.15) is 19.5 Å². The summed E-state index contributed by atoms with van der Waals surface area (Å²) in [7, 11) is 0. The lowest BCUT2D eigenvalue weighted by Gasteiger charge is -2.14. The van der Waals surface area contributed by atoms with Crippen LogP contribution in [-0.2, 0) is 16.1 Å². The maximum absolute atomic E-state index is 11.6. The van der Waals surface area contributed by atoms with Crippen molar-refractivity contribution in [2.75, 3.05) is 0 Å². The molecule has 0 radical (unpaired) electrons. The number of carbonyl (C=O) groups excluding carboxylic acids is 1. The molecule has 1 aromatic rings. The number of carboxylic acid groups (broad SMARTS) is 1. The number of hydrogen-bond acceptors (Lipinski definition) is 4. The third-order valence-corrected chi connectivity index (χ3v) is 2.49. The maximum atomic E-state index is 11.6. The number of carbonyl (C=O) groups is 2. The molecule has 16 heavy (non-hydrogen) atoms. The van der Waals surface area contributed by atoms with Crippen molar-refractivity contribution in [1.82, 2.24) is 10.5 Å². The Bertz CT molecular complexity index is 361. The zero-order valence-corrected chi connectivity index (χ0v) is 9.14. The summed E-state index contributed by atoms with van der Waals surface area (Å²) in [6.07, 6.45) is 1.41. The third-order valence-electron chi connectivity index (χ3n) is 2.49. The van der Waals surface area contributed by atoms with E-state index in [1.54, 1.807) is 13.0 Å². The van der Waals surface area contributed by atoms with E-state index >= 15 is 0 Å². The van der Waals surface area contributed by atoms with Crippen molar-refractivity contribution in [1.29, 1.82) is 0 Å². The van der Waals surface area contributed by atoms with Crippen molar-refractivity contribution in [3.63, 3.8) is 0 Å². The van der Waals surface area contributed by atoms with Gasteiger partial charge in [-0.15, -0.1) is 0 Å². The number of nitrogens with one attached hydrogen (secondary N) is 1. The highest BCUT2D eigenvalue weighted by Crippen LogP contribution is 2.11. The van der Waals surface area contributed by atoms with Gasteiger partial charge in [0.15, 0.2) is 0 Å². The van der Waals surface area contributed by atoms with E-state index in [0.29, 0.717) is 5.69 Å². The molecule has 6 nitrogen and oxygen atoms in total. The average Bonchev–Trinajstić information content (AvgIpc) is 2.76. The van der Waals surface area contributed by atoms with Gasteiger partial charge < -0.3 is 14.9 Å². The van der Waals surface area contributed by atoms with Gasteiger partial charge in [-0.2, -0.15) is 0 Å². The van der Waals surface area contributed by atoms with Crippen LogP contribution in [-0.4, -0.2) is 22.1 Å². The fraction of sp³-hybridized carbons (Fsp3) is 0.500. The van der Waals surface area contributed by atoms with Crippen molar-refractivity contribution in [2.45, 2.75) is 20.4 Å². The quantitative estimate of drug-likeness (QED) is 0.768. The van der Waals surface area contributed by atoms with E-state index in [-0.39, 0.29) is 12.5 Å². The molecule has 1 amide bonds. The molecule has 6 heteroatoms. The summed E-state index contributed by atoms with van der Waals surface area (Å²) in [5, 5.41) is 15.0. The zero-order valence-electron chi connectivity index (χ0n) is 9.14. The monoisotopic (exact) mass is 226 g/mol. The number of nitrogens with zero attached hydrogens (tertiary/aromatic N) is 1. The van der Waals surface area contributed by atoms with Crippen LogP contribution in [0.3, 0.4) is 0 Å². The smallest absolute Gasteiger partial charge is 0.307 e. The van der Waals surface area contributed by atoms with Gasteiger partial charge in [-0.25, -0.2) is 0 Å².